The van der Waals surface area contributed by atoms with Crippen LogP contribution in [0.25, 0.3) is 16.9 Å². The maximum atomic E-state index is 11.3. The third kappa shape index (κ3) is 1.93. The zero-order chi connectivity index (χ0) is 14.3. The lowest BCUT2D eigenvalue weighted by Gasteiger charge is -2.04. The number of carboxylic acid groups (broad SMARTS) is 1. The van der Waals surface area contributed by atoms with Gasteiger partial charge in [0.15, 0.2) is 5.69 Å². The molecule has 2 aromatic heterocycles. The molecule has 3 rings (SSSR count). The van der Waals surface area contributed by atoms with Gasteiger partial charge >= 0.3 is 5.97 Å². The Morgan fingerprint density at radius 2 is 2.05 bits per heavy atom. The Morgan fingerprint density at radius 1 is 1.25 bits per heavy atom. The van der Waals surface area contributed by atoms with Crippen molar-refractivity contribution in [2.24, 2.45) is 0 Å². The molecule has 100 valence electrons. The van der Waals surface area contributed by atoms with E-state index in [1.165, 1.54) is 4.40 Å². The fourth-order valence-corrected chi connectivity index (χ4v) is 2.28. The monoisotopic (exact) mass is 267 g/mol. The number of imidazole rings is 1. The number of fused-ring (bicyclic) bond motifs is 1. The quantitative estimate of drug-likeness (QED) is 0.775. The van der Waals surface area contributed by atoms with Gasteiger partial charge in [-0.05, 0) is 19.4 Å². The van der Waals surface area contributed by atoms with E-state index in [0.29, 0.717) is 11.5 Å². The molecular formula is C15H13N3O2. The van der Waals surface area contributed by atoms with Gasteiger partial charge < -0.3 is 5.11 Å². The van der Waals surface area contributed by atoms with E-state index in [0.717, 1.165) is 16.7 Å². The number of aryl methyl sites for hydroxylation is 2. The average Bonchev–Trinajstić information content (AvgIpc) is 2.73. The molecule has 0 radical (unpaired) electrons. The molecule has 1 aromatic carbocycles. The number of benzene rings is 1. The summed E-state index contributed by atoms with van der Waals surface area (Å²) in [6, 6.07) is 7.98. The van der Waals surface area contributed by atoms with Crippen LogP contribution in [0.1, 0.15) is 21.7 Å². The van der Waals surface area contributed by atoms with Crippen LogP contribution in [-0.2, 0) is 0 Å². The van der Waals surface area contributed by atoms with Crippen LogP contribution in [-0.4, -0.2) is 25.4 Å². The highest BCUT2D eigenvalue weighted by Crippen LogP contribution is 2.21. The van der Waals surface area contributed by atoms with E-state index in [1.54, 1.807) is 19.3 Å². The Labute approximate surface area is 115 Å². The molecule has 0 saturated carbocycles. The van der Waals surface area contributed by atoms with E-state index in [-0.39, 0.29) is 5.69 Å². The highest BCUT2D eigenvalue weighted by atomic mass is 16.4. The third-order valence-electron chi connectivity index (χ3n) is 3.21. The lowest BCUT2D eigenvalue weighted by atomic mass is 10.1. The molecule has 0 aliphatic rings. The first kappa shape index (κ1) is 12.3. The molecule has 0 unspecified atom stereocenters. The van der Waals surface area contributed by atoms with E-state index >= 15 is 0 Å². The van der Waals surface area contributed by atoms with E-state index in [2.05, 4.69) is 9.97 Å². The summed E-state index contributed by atoms with van der Waals surface area (Å²) < 4.78 is 1.52. The molecule has 0 saturated heterocycles. The van der Waals surface area contributed by atoms with E-state index in [9.17, 15) is 9.90 Å². The predicted molar refractivity (Wildman–Crippen MR) is 74.9 cm³/mol. The predicted octanol–water partition coefficient (Wildman–Crippen LogP) is 2.71. The van der Waals surface area contributed by atoms with Crippen LogP contribution in [0.5, 0.6) is 0 Å². The maximum absolute atomic E-state index is 11.3. The molecule has 5 heteroatoms. The number of rotatable bonds is 2. The molecule has 0 bridgehead atoms. The number of carbonyl (C=O) groups is 1. The first-order valence-electron chi connectivity index (χ1n) is 6.21. The van der Waals surface area contributed by atoms with E-state index in [4.69, 9.17) is 0 Å². The zero-order valence-corrected chi connectivity index (χ0v) is 11.2. The van der Waals surface area contributed by atoms with Gasteiger partial charge in [-0.25, -0.2) is 14.8 Å². The van der Waals surface area contributed by atoms with Crippen molar-refractivity contribution in [2.75, 3.05) is 0 Å². The number of nitrogens with zero attached hydrogens (tertiary/aromatic N) is 3. The number of hydrogen-bond donors (Lipinski definition) is 1. The van der Waals surface area contributed by atoms with Crippen molar-refractivity contribution >= 4 is 11.7 Å². The molecule has 0 aliphatic carbocycles. The Bertz CT molecular complexity index is 821. The van der Waals surface area contributed by atoms with Crippen LogP contribution in [0.2, 0.25) is 0 Å². The van der Waals surface area contributed by atoms with Gasteiger partial charge in [-0.1, -0.05) is 29.8 Å². The molecule has 0 aliphatic heterocycles. The highest BCUT2D eigenvalue weighted by Gasteiger charge is 2.16. The summed E-state index contributed by atoms with van der Waals surface area (Å²) >= 11 is 0. The smallest absolute Gasteiger partial charge is 0.354 e. The molecule has 2 heterocycles. The van der Waals surface area contributed by atoms with Crippen LogP contribution in [0, 0.1) is 13.8 Å². The van der Waals surface area contributed by atoms with Gasteiger partial charge in [0, 0.05) is 18.0 Å². The van der Waals surface area contributed by atoms with Crippen molar-refractivity contribution in [1.29, 1.82) is 0 Å². The Morgan fingerprint density at radius 3 is 2.75 bits per heavy atom. The molecule has 1 N–H and O–H groups in total. The van der Waals surface area contributed by atoms with Crippen LogP contribution in [0.4, 0.5) is 0 Å². The first-order chi connectivity index (χ1) is 9.56. The fraction of sp³-hybridized carbons (Fsp3) is 0.133. The van der Waals surface area contributed by atoms with E-state index in [1.807, 2.05) is 31.2 Å². The molecule has 0 amide bonds. The Hall–Kier alpha value is -2.69. The summed E-state index contributed by atoms with van der Waals surface area (Å²) in [5, 5.41) is 9.27. The molecule has 0 fully saturated rings. The summed E-state index contributed by atoms with van der Waals surface area (Å²) in [6.07, 6.45) is 3.47. The molecule has 5 nitrogen and oxygen atoms in total. The van der Waals surface area contributed by atoms with Gasteiger partial charge in [-0.15, -0.1) is 0 Å². The van der Waals surface area contributed by atoms with Crippen LogP contribution < -0.4 is 0 Å². The van der Waals surface area contributed by atoms with Crippen molar-refractivity contribution in [3.05, 3.63) is 53.6 Å². The van der Waals surface area contributed by atoms with Crippen LogP contribution >= 0.6 is 0 Å². The average molecular weight is 267 g/mol. The van der Waals surface area contributed by atoms with Crippen LogP contribution in [0.3, 0.4) is 0 Å². The molecule has 0 atom stereocenters. The van der Waals surface area contributed by atoms with Crippen molar-refractivity contribution in [3.8, 4) is 11.1 Å². The second-order valence-corrected chi connectivity index (χ2v) is 4.73. The van der Waals surface area contributed by atoms with Gasteiger partial charge in [-0.2, -0.15) is 0 Å². The molecular weight excluding hydrogens is 254 g/mol. The highest BCUT2D eigenvalue weighted by molar-refractivity contribution is 5.88. The summed E-state index contributed by atoms with van der Waals surface area (Å²) in [5.41, 5.74) is 3.62. The number of carboxylic acids is 1. The van der Waals surface area contributed by atoms with Gasteiger partial charge in [0.25, 0.3) is 0 Å². The topological polar surface area (TPSA) is 67.5 Å². The van der Waals surface area contributed by atoms with Crippen molar-refractivity contribution in [3.63, 3.8) is 0 Å². The number of aromatic nitrogens is 3. The molecule has 0 spiro atoms. The molecule has 20 heavy (non-hydrogen) atoms. The standard InChI is InChI=1S/C15H13N3O2/c1-9-4-3-5-11(6-9)12-7-16-15-17-10(2)13(14(19)20)18(15)8-12/h3-8H,1-2H3,(H,19,20). The van der Waals surface area contributed by atoms with Gasteiger partial charge in [-0.3, -0.25) is 4.40 Å². The minimum atomic E-state index is -1.00. The van der Waals surface area contributed by atoms with Crippen molar-refractivity contribution < 1.29 is 9.90 Å². The summed E-state index contributed by atoms with van der Waals surface area (Å²) in [4.78, 5) is 19.7. The third-order valence-corrected chi connectivity index (χ3v) is 3.21. The maximum Gasteiger partial charge on any atom is 0.354 e. The van der Waals surface area contributed by atoms with E-state index < -0.39 is 5.97 Å². The minimum absolute atomic E-state index is 0.155. The summed E-state index contributed by atoms with van der Waals surface area (Å²) in [5.74, 6) is -0.602. The van der Waals surface area contributed by atoms with Crippen molar-refractivity contribution in [1.82, 2.24) is 14.4 Å². The van der Waals surface area contributed by atoms with Crippen molar-refractivity contribution in [2.45, 2.75) is 13.8 Å². The molecule has 3 aromatic rings. The van der Waals surface area contributed by atoms with Gasteiger partial charge in [0.1, 0.15) is 0 Å². The van der Waals surface area contributed by atoms with Gasteiger partial charge in [0.05, 0.1) is 5.69 Å². The second-order valence-electron chi connectivity index (χ2n) is 4.73. The summed E-state index contributed by atoms with van der Waals surface area (Å²) in [7, 11) is 0. The fourth-order valence-electron chi connectivity index (χ4n) is 2.28. The minimum Gasteiger partial charge on any atom is -0.477 e. The number of aromatic carboxylic acids is 1. The van der Waals surface area contributed by atoms with Gasteiger partial charge in [0.2, 0.25) is 5.78 Å². The first-order valence-corrected chi connectivity index (χ1v) is 6.21. The zero-order valence-electron chi connectivity index (χ0n) is 11.2. The Kier molecular flexibility index (Phi) is 2.75. The largest absolute Gasteiger partial charge is 0.477 e. The lowest BCUT2D eigenvalue weighted by Crippen LogP contribution is -2.04. The Balaban J connectivity index is 2.24. The SMILES string of the molecule is Cc1cccc(-c2cnc3nc(C)c(C(=O)O)n3c2)c1. The lowest BCUT2D eigenvalue weighted by molar-refractivity contribution is 0.0688. The normalized spacial score (nSPS) is 10.9. The van der Waals surface area contributed by atoms with Crippen LogP contribution in [0.15, 0.2) is 36.7 Å². The summed E-state index contributed by atoms with van der Waals surface area (Å²) in [6.45, 7) is 3.68. The second kappa shape index (κ2) is 4.45. The number of hydrogen-bond acceptors (Lipinski definition) is 3.